The second kappa shape index (κ2) is 5.22. The van der Waals surface area contributed by atoms with Crippen LogP contribution in [-0.4, -0.2) is 6.18 Å². The number of hydrogen-bond acceptors (Lipinski definition) is 0. The SMILES string of the molecule is CCCC(C)C1CCCC(C(F)(F)F)C1. The fourth-order valence-corrected chi connectivity index (χ4v) is 2.73. The van der Waals surface area contributed by atoms with Crippen LogP contribution < -0.4 is 0 Å². The maximum absolute atomic E-state index is 12.6. The minimum atomic E-state index is -3.97. The van der Waals surface area contributed by atoms with Crippen LogP contribution in [0.5, 0.6) is 0 Å². The van der Waals surface area contributed by atoms with Gasteiger partial charge in [0.1, 0.15) is 0 Å². The van der Waals surface area contributed by atoms with Gasteiger partial charge in [-0.1, -0.05) is 39.5 Å². The zero-order valence-electron chi connectivity index (χ0n) is 9.61. The Balaban J connectivity index is 2.48. The first-order chi connectivity index (χ1) is 6.95. The van der Waals surface area contributed by atoms with Crippen molar-refractivity contribution in [3.63, 3.8) is 0 Å². The molecule has 1 aliphatic carbocycles. The number of alkyl halides is 3. The van der Waals surface area contributed by atoms with Crippen LogP contribution in [0.15, 0.2) is 0 Å². The minimum absolute atomic E-state index is 0.297. The van der Waals surface area contributed by atoms with E-state index < -0.39 is 12.1 Å². The van der Waals surface area contributed by atoms with Crippen molar-refractivity contribution in [2.75, 3.05) is 0 Å². The van der Waals surface area contributed by atoms with Gasteiger partial charge in [-0.15, -0.1) is 0 Å². The molecule has 0 bridgehead atoms. The summed E-state index contributed by atoms with van der Waals surface area (Å²) < 4.78 is 37.7. The van der Waals surface area contributed by atoms with Crippen molar-refractivity contribution in [3.8, 4) is 0 Å². The molecule has 1 fully saturated rings. The highest BCUT2D eigenvalue weighted by Gasteiger charge is 2.42. The summed E-state index contributed by atoms with van der Waals surface area (Å²) in [6, 6.07) is 0. The van der Waals surface area contributed by atoms with Gasteiger partial charge < -0.3 is 0 Å². The summed E-state index contributed by atoms with van der Waals surface area (Å²) in [5.41, 5.74) is 0. The van der Waals surface area contributed by atoms with E-state index in [1.54, 1.807) is 0 Å². The van der Waals surface area contributed by atoms with Gasteiger partial charge in [-0.05, 0) is 24.7 Å². The number of hydrogen-bond donors (Lipinski definition) is 0. The standard InChI is InChI=1S/C12H21F3/c1-3-5-9(2)10-6-4-7-11(8-10)12(13,14)15/h9-11H,3-8H2,1-2H3. The third-order valence-electron chi connectivity index (χ3n) is 3.73. The first kappa shape index (κ1) is 12.9. The Morgan fingerprint density at radius 3 is 2.47 bits per heavy atom. The van der Waals surface area contributed by atoms with Crippen LogP contribution in [0.1, 0.15) is 52.4 Å². The molecule has 0 amide bonds. The zero-order valence-corrected chi connectivity index (χ0v) is 9.61. The highest BCUT2D eigenvalue weighted by molar-refractivity contribution is 4.80. The van der Waals surface area contributed by atoms with Gasteiger partial charge >= 0.3 is 6.18 Å². The van der Waals surface area contributed by atoms with E-state index in [-0.39, 0.29) is 0 Å². The summed E-state index contributed by atoms with van der Waals surface area (Å²) in [6.07, 6.45) is 0.633. The summed E-state index contributed by atoms with van der Waals surface area (Å²) in [6.45, 7) is 4.20. The minimum Gasteiger partial charge on any atom is -0.171 e. The molecule has 0 aromatic heterocycles. The summed E-state index contributed by atoms with van der Waals surface area (Å²) >= 11 is 0. The Morgan fingerprint density at radius 2 is 1.93 bits per heavy atom. The van der Waals surface area contributed by atoms with E-state index in [9.17, 15) is 13.2 Å². The molecule has 1 aliphatic rings. The molecule has 3 unspecified atom stereocenters. The molecule has 0 nitrogen and oxygen atoms in total. The van der Waals surface area contributed by atoms with Crippen LogP contribution in [0, 0.1) is 17.8 Å². The zero-order chi connectivity index (χ0) is 11.5. The highest BCUT2D eigenvalue weighted by atomic mass is 19.4. The van der Waals surface area contributed by atoms with Crippen molar-refractivity contribution < 1.29 is 13.2 Å². The largest absolute Gasteiger partial charge is 0.391 e. The van der Waals surface area contributed by atoms with E-state index in [1.807, 2.05) is 0 Å². The van der Waals surface area contributed by atoms with Crippen molar-refractivity contribution in [2.24, 2.45) is 17.8 Å². The van der Waals surface area contributed by atoms with Crippen molar-refractivity contribution in [3.05, 3.63) is 0 Å². The van der Waals surface area contributed by atoms with E-state index in [1.165, 1.54) is 0 Å². The molecule has 0 saturated heterocycles. The molecule has 0 N–H and O–H groups in total. The molecule has 0 radical (unpaired) electrons. The number of halogens is 3. The Hall–Kier alpha value is -0.210. The van der Waals surface area contributed by atoms with Crippen LogP contribution in [0.25, 0.3) is 0 Å². The second-order valence-electron chi connectivity index (χ2n) is 4.93. The summed E-state index contributed by atoms with van der Waals surface area (Å²) in [5, 5.41) is 0. The van der Waals surface area contributed by atoms with Gasteiger partial charge in [0.2, 0.25) is 0 Å². The normalized spacial score (nSPS) is 30.2. The lowest BCUT2D eigenvalue weighted by molar-refractivity contribution is -0.187. The van der Waals surface area contributed by atoms with E-state index >= 15 is 0 Å². The van der Waals surface area contributed by atoms with Crippen LogP contribution in [0.2, 0.25) is 0 Å². The van der Waals surface area contributed by atoms with E-state index in [2.05, 4.69) is 13.8 Å². The predicted molar refractivity (Wildman–Crippen MR) is 55.6 cm³/mol. The first-order valence-electron chi connectivity index (χ1n) is 6.01. The lowest BCUT2D eigenvalue weighted by atomic mass is 9.74. The fourth-order valence-electron chi connectivity index (χ4n) is 2.73. The predicted octanol–water partition coefficient (Wildman–Crippen LogP) is 4.79. The Labute approximate surface area is 90.2 Å². The second-order valence-corrected chi connectivity index (χ2v) is 4.93. The van der Waals surface area contributed by atoms with E-state index in [0.29, 0.717) is 24.7 Å². The van der Waals surface area contributed by atoms with Crippen molar-refractivity contribution >= 4 is 0 Å². The third kappa shape index (κ3) is 3.69. The molecule has 1 saturated carbocycles. The Kier molecular flexibility index (Phi) is 4.47. The lowest BCUT2D eigenvalue weighted by Crippen LogP contribution is -2.31. The molecule has 15 heavy (non-hydrogen) atoms. The molecular formula is C12H21F3. The van der Waals surface area contributed by atoms with Gasteiger partial charge in [-0.2, -0.15) is 13.2 Å². The molecule has 0 aromatic rings. The average Bonchev–Trinajstić information content (AvgIpc) is 2.17. The maximum atomic E-state index is 12.6. The van der Waals surface area contributed by atoms with Crippen LogP contribution in [-0.2, 0) is 0 Å². The van der Waals surface area contributed by atoms with Gasteiger partial charge in [-0.3, -0.25) is 0 Å². The van der Waals surface area contributed by atoms with Crippen LogP contribution >= 0.6 is 0 Å². The molecule has 0 aromatic carbocycles. The molecule has 1 rings (SSSR count). The van der Waals surface area contributed by atoms with Crippen LogP contribution in [0.3, 0.4) is 0 Å². The first-order valence-corrected chi connectivity index (χ1v) is 6.01. The maximum Gasteiger partial charge on any atom is 0.391 e. The summed E-state index contributed by atoms with van der Waals surface area (Å²) in [4.78, 5) is 0. The van der Waals surface area contributed by atoms with Gasteiger partial charge in [0.15, 0.2) is 0 Å². The number of rotatable bonds is 3. The lowest BCUT2D eigenvalue weighted by Gasteiger charge is -2.33. The molecule has 0 heterocycles. The van der Waals surface area contributed by atoms with Crippen molar-refractivity contribution in [1.82, 2.24) is 0 Å². The van der Waals surface area contributed by atoms with Gasteiger partial charge in [0.05, 0.1) is 5.92 Å². The van der Waals surface area contributed by atoms with Gasteiger partial charge in [0, 0.05) is 0 Å². The fraction of sp³-hybridized carbons (Fsp3) is 1.00. The van der Waals surface area contributed by atoms with Gasteiger partial charge in [0.25, 0.3) is 0 Å². The Bertz CT molecular complexity index is 186. The topological polar surface area (TPSA) is 0 Å². The van der Waals surface area contributed by atoms with E-state index in [0.717, 1.165) is 25.7 Å². The molecular weight excluding hydrogens is 201 g/mol. The Morgan fingerprint density at radius 1 is 1.27 bits per heavy atom. The molecule has 3 heteroatoms. The monoisotopic (exact) mass is 222 g/mol. The third-order valence-corrected chi connectivity index (χ3v) is 3.73. The molecule has 90 valence electrons. The van der Waals surface area contributed by atoms with Gasteiger partial charge in [-0.25, -0.2) is 0 Å². The smallest absolute Gasteiger partial charge is 0.171 e. The molecule has 0 spiro atoms. The van der Waals surface area contributed by atoms with E-state index in [4.69, 9.17) is 0 Å². The van der Waals surface area contributed by atoms with Crippen molar-refractivity contribution in [2.45, 2.75) is 58.5 Å². The summed E-state index contributed by atoms with van der Waals surface area (Å²) in [7, 11) is 0. The van der Waals surface area contributed by atoms with Crippen molar-refractivity contribution in [1.29, 1.82) is 0 Å². The van der Waals surface area contributed by atoms with Crippen LogP contribution in [0.4, 0.5) is 13.2 Å². The molecule has 0 aliphatic heterocycles. The quantitative estimate of drug-likeness (QED) is 0.644. The highest BCUT2D eigenvalue weighted by Crippen LogP contribution is 2.42. The molecule has 3 atom stereocenters. The average molecular weight is 222 g/mol. The summed E-state index contributed by atoms with van der Waals surface area (Å²) in [5.74, 6) is -0.277.